The minimum atomic E-state index is -0.662. The molecule has 2 saturated heterocycles. The summed E-state index contributed by atoms with van der Waals surface area (Å²) in [6, 6.07) is 15.1. The largest absolute Gasteiger partial charge is 0.392 e. The maximum Gasteiger partial charge on any atom is 0.129 e. The third kappa shape index (κ3) is 3.48. The van der Waals surface area contributed by atoms with Gasteiger partial charge in [-0.1, -0.05) is 42.5 Å². The van der Waals surface area contributed by atoms with Gasteiger partial charge in [0.1, 0.15) is 11.9 Å². The zero-order valence-corrected chi connectivity index (χ0v) is 20.2. The van der Waals surface area contributed by atoms with Crippen LogP contribution in [0.5, 0.6) is 0 Å². The molecule has 4 bridgehead atoms. The molecule has 188 valence electrons. The van der Waals surface area contributed by atoms with E-state index >= 15 is 0 Å². The Hall–Kier alpha value is -2.58. The summed E-state index contributed by atoms with van der Waals surface area (Å²) in [6.07, 6.45) is 7.74. The van der Waals surface area contributed by atoms with E-state index in [4.69, 9.17) is 4.84 Å². The number of hydrogen-bond acceptors (Lipinski definition) is 5. The predicted octanol–water partition coefficient (Wildman–Crippen LogP) is 4.64. The molecule has 2 N–H and O–H groups in total. The number of piperidine rings is 2. The Morgan fingerprint density at radius 2 is 1.81 bits per heavy atom. The average Bonchev–Trinajstić information content (AvgIpc) is 3.47. The number of rotatable bonds is 7. The minimum absolute atomic E-state index is 0.177. The van der Waals surface area contributed by atoms with Crippen molar-refractivity contribution in [3.63, 3.8) is 0 Å². The molecule has 8 rings (SSSR count). The fraction of sp³-hybridized carbons (Fsp3) is 0.483. The van der Waals surface area contributed by atoms with E-state index in [0.29, 0.717) is 17.9 Å². The van der Waals surface area contributed by atoms with E-state index in [1.807, 2.05) is 41.0 Å². The van der Waals surface area contributed by atoms with Crippen LogP contribution in [0, 0.1) is 17.2 Å². The molecule has 6 nitrogen and oxygen atoms in total. The van der Waals surface area contributed by atoms with Gasteiger partial charge in [0.05, 0.1) is 37.0 Å². The van der Waals surface area contributed by atoms with Crippen molar-refractivity contribution in [2.75, 3.05) is 6.61 Å². The highest BCUT2D eigenvalue weighted by atomic mass is 19.1. The van der Waals surface area contributed by atoms with Crippen LogP contribution in [0.2, 0.25) is 0 Å². The van der Waals surface area contributed by atoms with Gasteiger partial charge in [-0.25, -0.2) is 9.37 Å². The number of imidazole rings is 1. The van der Waals surface area contributed by atoms with Gasteiger partial charge >= 0.3 is 0 Å². The molecule has 4 fully saturated rings. The Morgan fingerprint density at radius 1 is 1.03 bits per heavy atom. The first-order valence-corrected chi connectivity index (χ1v) is 13.2. The zero-order valence-electron chi connectivity index (χ0n) is 20.2. The molecule has 5 unspecified atom stereocenters. The van der Waals surface area contributed by atoms with Crippen molar-refractivity contribution in [3.8, 4) is 11.3 Å². The van der Waals surface area contributed by atoms with Crippen molar-refractivity contribution in [1.82, 2.24) is 14.6 Å². The van der Waals surface area contributed by atoms with Gasteiger partial charge < -0.3 is 14.8 Å². The number of aliphatic hydroxyl groups excluding tert-OH is 2. The fourth-order valence-electron chi connectivity index (χ4n) is 7.89. The van der Waals surface area contributed by atoms with Gasteiger partial charge in [-0.3, -0.25) is 4.84 Å². The van der Waals surface area contributed by atoms with E-state index in [1.165, 1.54) is 6.07 Å². The number of hydrogen-bond donors (Lipinski definition) is 2. The lowest BCUT2D eigenvalue weighted by atomic mass is 9.53. The molecule has 1 aromatic heterocycles. The number of hydroxylamine groups is 2. The Morgan fingerprint density at radius 3 is 2.58 bits per heavy atom. The molecule has 2 saturated carbocycles. The average molecular weight is 490 g/mol. The summed E-state index contributed by atoms with van der Waals surface area (Å²) in [4.78, 5) is 10.5. The first-order valence-electron chi connectivity index (χ1n) is 13.2. The van der Waals surface area contributed by atoms with Crippen LogP contribution < -0.4 is 0 Å². The molecule has 5 atom stereocenters. The van der Waals surface area contributed by atoms with Crippen LogP contribution in [0.4, 0.5) is 4.39 Å². The molecular weight excluding hydrogens is 457 g/mol. The Labute approximate surface area is 210 Å². The molecule has 0 spiro atoms. The number of nitrogens with zero attached hydrogens (tertiary/aromatic N) is 3. The second-order valence-corrected chi connectivity index (χ2v) is 11.4. The summed E-state index contributed by atoms with van der Waals surface area (Å²) in [5.74, 6) is 0.364. The van der Waals surface area contributed by atoms with E-state index < -0.39 is 12.2 Å². The van der Waals surface area contributed by atoms with Crippen LogP contribution in [-0.2, 0) is 4.84 Å². The smallest absolute Gasteiger partial charge is 0.129 e. The predicted molar refractivity (Wildman–Crippen MR) is 132 cm³/mol. The normalized spacial score (nSPS) is 31.9. The van der Waals surface area contributed by atoms with Gasteiger partial charge in [0.2, 0.25) is 0 Å². The molecular formula is C29H32FN3O3. The van der Waals surface area contributed by atoms with Gasteiger partial charge in [-0.2, -0.15) is 5.06 Å². The summed E-state index contributed by atoms with van der Waals surface area (Å²) < 4.78 is 17.0. The third-order valence-electron chi connectivity index (χ3n) is 9.29. The topological polar surface area (TPSA) is 70.8 Å². The van der Waals surface area contributed by atoms with Gasteiger partial charge in [0, 0.05) is 23.2 Å². The summed E-state index contributed by atoms with van der Waals surface area (Å²) >= 11 is 0. The third-order valence-corrected chi connectivity index (χ3v) is 9.29. The second kappa shape index (κ2) is 8.48. The van der Waals surface area contributed by atoms with E-state index in [-0.39, 0.29) is 36.0 Å². The van der Waals surface area contributed by atoms with Crippen LogP contribution in [0.25, 0.3) is 11.3 Å². The lowest BCUT2D eigenvalue weighted by Crippen LogP contribution is -2.64. The van der Waals surface area contributed by atoms with E-state index in [2.05, 4.69) is 10.0 Å². The van der Waals surface area contributed by atoms with Gasteiger partial charge in [-0.05, 0) is 61.5 Å². The van der Waals surface area contributed by atoms with Crippen LogP contribution in [-0.4, -0.2) is 49.6 Å². The van der Waals surface area contributed by atoms with E-state index in [9.17, 15) is 14.6 Å². The van der Waals surface area contributed by atoms with Crippen LogP contribution >= 0.6 is 0 Å². The number of benzene rings is 2. The van der Waals surface area contributed by atoms with Crippen molar-refractivity contribution in [3.05, 3.63) is 78.0 Å². The standard InChI is InChI=1S/C29H32FN3O3/c30-23-8-4-7-22-25-15-31-17-32(25)24(28(22)23)11-27(35)29-12-18-9-20(13-29)33(21(10-18)14-29)36-16-26(34)19-5-2-1-3-6-19/h1-8,15,17-18,20-21,24,26-27,34-35H,9-14,16H2. The maximum atomic E-state index is 15.0. The van der Waals surface area contributed by atoms with Crippen LogP contribution in [0.1, 0.15) is 61.8 Å². The number of fused-ring (bicyclic) bond motifs is 3. The van der Waals surface area contributed by atoms with Gasteiger partial charge in [-0.15, -0.1) is 0 Å². The SMILES string of the molecule is OC(CON1C2CC3CC1CC(C(O)CC1c4c(F)cccc4-c4cncn41)(C3)C2)c1ccccc1. The first kappa shape index (κ1) is 22.6. The summed E-state index contributed by atoms with van der Waals surface area (Å²) in [6.45, 7) is 0.235. The fourth-order valence-corrected chi connectivity index (χ4v) is 7.89. The molecule has 0 radical (unpaired) electrons. The monoisotopic (exact) mass is 489 g/mol. The Kier molecular flexibility index (Phi) is 5.33. The van der Waals surface area contributed by atoms with Crippen molar-refractivity contribution < 1.29 is 19.4 Å². The van der Waals surface area contributed by atoms with Gasteiger partial charge in [0.15, 0.2) is 0 Å². The second-order valence-electron chi connectivity index (χ2n) is 11.4. The van der Waals surface area contributed by atoms with Gasteiger partial charge in [0.25, 0.3) is 0 Å². The number of halogens is 1. The molecule has 3 aromatic rings. The lowest BCUT2D eigenvalue weighted by molar-refractivity contribution is -0.299. The highest BCUT2D eigenvalue weighted by Crippen LogP contribution is 2.59. The molecule has 36 heavy (non-hydrogen) atoms. The Balaban J connectivity index is 1.08. The highest BCUT2D eigenvalue weighted by molar-refractivity contribution is 5.69. The zero-order chi connectivity index (χ0) is 24.4. The van der Waals surface area contributed by atoms with Crippen molar-refractivity contribution >= 4 is 0 Å². The molecule has 3 aliphatic heterocycles. The van der Waals surface area contributed by atoms with Crippen molar-refractivity contribution in [1.29, 1.82) is 0 Å². The van der Waals surface area contributed by atoms with Crippen molar-refractivity contribution in [2.45, 2.75) is 68.9 Å². The minimum Gasteiger partial charge on any atom is -0.392 e. The van der Waals surface area contributed by atoms with Crippen LogP contribution in [0.3, 0.4) is 0 Å². The van der Waals surface area contributed by atoms with Crippen molar-refractivity contribution in [2.24, 2.45) is 11.3 Å². The maximum absolute atomic E-state index is 15.0. The molecule has 7 heteroatoms. The lowest BCUT2D eigenvalue weighted by Gasteiger charge is -2.62. The van der Waals surface area contributed by atoms with E-state index in [1.54, 1.807) is 18.6 Å². The summed E-state index contributed by atoms with van der Waals surface area (Å²) in [7, 11) is 0. The highest BCUT2D eigenvalue weighted by Gasteiger charge is 2.58. The number of aromatic nitrogens is 2. The van der Waals surface area contributed by atoms with Crippen LogP contribution in [0.15, 0.2) is 61.1 Å². The molecule has 4 heterocycles. The summed E-state index contributed by atoms with van der Waals surface area (Å²) in [5, 5.41) is 24.5. The quantitative estimate of drug-likeness (QED) is 0.506. The molecule has 2 aromatic carbocycles. The Bertz CT molecular complexity index is 1250. The number of aliphatic hydroxyl groups is 2. The van der Waals surface area contributed by atoms with E-state index in [0.717, 1.165) is 48.9 Å². The first-order chi connectivity index (χ1) is 17.5. The molecule has 2 aliphatic carbocycles. The molecule has 0 amide bonds. The summed E-state index contributed by atoms with van der Waals surface area (Å²) in [5.41, 5.74) is 3.16. The molecule has 5 aliphatic rings.